The Morgan fingerprint density at radius 2 is 1.86 bits per heavy atom. The third-order valence-corrected chi connectivity index (χ3v) is 4.82. The van der Waals surface area contributed by atoms with Gasteiger partial charge in [-0.25, -0.2) is 19.6 Å². The van der Waals surface area contributed by atoms with E-state index >= 15 is 0 Å². The van der Waals surface area contributed by atoms with Crippen LogP contribution in [-0.2, 0) is 0 Å². The van der Waals surface area contributed by atoms with E-state index in [1.54, 1.807) is 12.5 Å². The topological polar surface area (TPSA) is 84.3 Å². The molecule has 138 valence electrons. The quantitative estimate of drug-likeness (QED) is 0.484. The van der Waals surface area contributed by atoms with E-state index in [-0.39, 0.29) is 6.04 Å². The van der Waals surface area contributed by atoms with Crippen molar-refractivity contribution in [3.8, 4) is 5.69 Å². The fraction of sp³-hybridized carbons (Fsp3) is 0.143. The number of rotatable bonds is 5. The third kappa shape index (κ3) is 2.77. The molecular weight excluding hydrogens is 350 g/mol. The Labute approximate surface area is 161 Å². The molecule has 1 unspecified atom stereocenters. The Balaban J connectivity index is 1.53. The minimum atomic E-state index is 0.00516. The molecule has 0 spiro atoms. The number of para-hydroxylation sites is 3. The number of nitrogens with one attached hydrogen (secondary N) is 2. The van der Waals surface area contributed by atoms with E-state index in [2.05, 4.69) is 32.3 Å². The van der Waals surface area contributed by atoms with Gasteiger partial charge in [0.2, 0.25) is 0 Å². The van der Waals surface area contributed by atoms with Gasteiger partial charge in [0.1, 0.15) is 18.0 Å². The molecule has 0 aliphatic heterocycles. The van der Waals surface area contributed by atoms with Gasteiger partial charge in [-0.1, -0.05) is 37.3 Å². The number of hydrogen-bond donors (Lipinski definition) is 2. The second-order valence-electron chi connectivity index (χ2n) is 6.60. The molecule has 0 fully saturated rings. The first-order valence-corrected chi connectivity index (χ1v) is 9.29. The lowest BCUT2D eigenvalue weighted by molar-refractivity contribution is 0.704. The number of aromatic nitrogens is 6. The Bertz CT molecular complexity index is 1210. The van der Waals surface area contributed by atoms with Crippen LogP contribution < -0.4 is 5.32 Å². The van der Waals surface area contributed by atoms with E-state index in [1.807, 2.05) is 59.3 Å². The van der Waals surface area contributed by atoms with Crippen LogP contribution in [0, 0.1) is 0 Å². The predicted molar refractivity (Wildman–Crippen MR) is 109 cm³/mol. The number of fused-ring (bicyclic) bond motifs is 2. The van der Waals surface area contributed by atoms with Gasteiger partial charge in [-0.05, 0) is 30.7 Å². The summed E-state index contributed by atoms with van der Waals surface area (Å²) in [6.07, 6.45) is 4.23. The van der Waals surface area contributed by atoms with Crippen molar-refractivity contribution < 1.29 is 0 Å². The number of imidazole rings is 1. The van der Waals surface area contributed by atoms with Gasteiger partial charge < -0.3 is 10.3 Å². The van der Waals surface area contributed by atoms with Gasteiger partial charge in [-0.15, -0.1) is 0 Å². The highest BCUT2D eigenvalue weighted by atomic mass is 15.3. The number of nitrogens with zero attached hydrogens (tertiary/aromatic N) is 5. The van der Waals surface area contributed by atoms with Crippen molar-refractivity contribution in [1.29, 1.82) is 0 Å². The fourth-order valence-electron chi connectivity index (χ4n) is 3.38. The van der Waals surface area contributed by atoms with Crippen LogP contribution in [0.4, 0.5) is 5.82 Å². The third-order valence-electron chi connectivity index (χ3n) is 4.82. The molecule has 7 heteroatoms. The molecule has 0 aliphatic carbocycles. The van der Waals surface area contributed by atoms with Crippen LogP contribution in [-0.4, -0.2) is 29.7 Å². The fourth-order valence-corrected chi connectivity index (χ4v) is 3.38. The lowest BCUT2D eigenvalue weighted by Crippen LogP contribution is -2.13. The van der Waals surface area contributed by atoms with E-state index in [1.165, 1.54) is 0 Å². The summed E-state index contributed by atoms with van der Waals surface area (Å²) < 4.78 is 1.82. The van der Waals surface area contributed by atoms with Crippen molar-refractivity contribution >= 4 is 27.9 Å². The van der Waals surface area contributed by atoms with Crippen molar-refractivity contribution in [2.45, 2.75) is 19.4 Å². The summed E-state index contributed by atoms with van der Waals surface area (Å²) >= 11 is 0. The van der Waals surface area contributed by atoms with Crippen LogP contribution in [0.1, 0.15) is 25.2 Å². The lowest BCUT2D eigenvalue weighted by atomic mass is 10.2. The summed E-state index contributed by atoms with van der Waals surface area (Å²) in [4.78, 5) is 17.0. The van der Waals surface area contributed by atoms with Crippen LogP contribution >= 0.6 is 0 Å². The van der Waals surface area contributed by atoms with Gasteiger partial charge >= 0.3 is 0 Å². The molecule has 2 aromatic carbocycles. The molecular formula is C21H19N7. The van der Waals surface area contributed by atoms with Crippen molar-refractivity contribution in [3.63, 3.8) is 0 Å². The molecule has 1 atom stereocenters. The van der Waals surface area contributed by atoms with Gasteiger partial charge in [0, 0.05) is 0 Å². The minimum absolute atomic E-state index is 0.00516. The Hall–Kier alpha value is -3.74. The average molecular weight is 369 g/mol. The van der Waals surface area contributed by atoms with Gasteiger partial charge in [-0.2, -0.15) is 5.10 Å². The Kier molecular flexibility index (Phi) is 3.97. The zero-order valence-electron chi connectivity index (χ0n) is 15.4. The highest BCUT2D eigenvalue weighted by Crippen LogP contribution is 2.27. The largest absolute Gasteiger partial charge is 0.359 e. The summed E-state index contributed by atoms with van der Waals surface area (Å²) in [6.45, 7) is 2.12. The molecule has 0 saturated carbocycles. The van der Waals surface area contributed by atoms with Gasteiger partial charge in [0.15, 0.2) is 5.65 Å². The summed E-state index contributed by atoms with van der Waals surface area (Å²) in [5.41, 5.74) is 3.72. The van der Waals surface area contributed by atoms with Crippen LogP contribution in [0.15, 0.2) is 67.1 Å². The molecule has 0 saturated heterocycles. The highest BCUT2D eigenvalue weighted by Gasteiger charge is 2.17. The summed E-state index contributed by atoms with van der Waals surface area (Å²) in [6, 6.07) is 18.0. The first-order valence-electron chi connectivity index (χ1n) is 9.29. The number of anilines is 1. The normalized spacial score (nSPS) is 12.5. The Morgan fingerprint density at radius 1 is 1.04 bits per heavy atom. The Morgan fingerprint density at radius 3 is 2.68 bits per heavy atom. The molecule has 28 heavy (non-hydrogen) atoms. The van der Waals surface area contributed by atoms with E-state index in [0.29, 0.717) is 0 Å². The first kappa shape index (κ1) is 16.4. The molecule has 3 aromatic heterocycles. The van der Waals surface area contributed by atoms with Crippen molar-refractivity contribution in [1.82, 2.24) is 29.7 Å². The van der Waals surface area contributed by atoms with E-state index < -0.39 is 0 Å². The summed E-state index contributed by atoms with van der Waals surface area (Å²) in [7, 11) is 0. The maximum absolute atomic E-state index is 4.73. The number of H-pyrrole nitrogens is 1. The van der Waals surface area contributed by atoms with Crippen LogP contribution in [0.5, 0.6) is 0 Å². The smallest absolute Gasteiger partial charge is 0.168 e. The summed E-state index contributed by atoms with van der Waals surface area (Å²) in [5.74, 6) is 1.64. The molecule has 0 radical (unpaired) electrons. The molecule has 2 N–H and O–H groups in total. The highest BCUT2D eigenvalue weighted by molar-refractivity contribution is 5.87. The molecule has 5 rings (SSSR count). The predicted octanol–water partition coefficient (Wildman–Crippen LogP) is 4.26. The van der Waals surface area contributed by atoms with E-state index in [9.17, 15) is 0 Å². The molecule has 0 aliphatic rings. The molecule has 0 bridgehead atoms. The monoisotopic (exact) mass is 369 g/mol. The van der Waals surface area contributed by atoms with E-state index in [4.69, 9.17) is 4.98 Å². The summed E-state index contributed by atoms with van der Waals surface area (Å²) in [5, 5.41) is 8.91. The lowest BCUT2D eigenvalue weighted by Gasteiger charge is -2.15. The number of hydrogen-bond acceptors (Lipinski definition) is 5. The molecule has 7 nitrogen and oxygen atoms in total. The van der Waals surface area contributed by atoms with Crippen molar-refractivity contribution in [2.24, 2.45) is 0 Å². The zero-order chi connectivity index (χ0) is 18.9. The van der Waals surface area contributed by atoms with Crippen LogP contribution in [0.3, 0.4) is 0 Å². The van der Waals surface area contributed by atoms with Crippen molar-refractivity contribution in [2.75, 3.05) is 5.32 Å². The second kappa shape index (κ2) is 6.77. The average Bonchev–Trinajstić information content (AvgIpc) is 3.37. The standard InChI is InChI=1S/C21H19N7/c1-2-16(20-26-17-10-6-7-11-18(17)27-20)25-19-15-12-24-28(21(15)23-13-22-19)14-8-4-3-5-9-14/h3-13,16H,2H2,1H3,(H,26,27)(H,22,23,25). The van der Waals surface area contributed by atoms with Gasteiger partial charge in [0.05, 0.1) is 34.3 Å². The second-order valence-corrected chi connectivity index (χ2v) is 6.60. The van der Waals surface area contributed by atoms with Crippen LogP contribution in [0.25, 0.3) is 27.8 Å². The zero-order valence-corrected chi connectivity index (χ0v) is 15.4. The molecule has 5 aromatic rings. The molecule has 0 amide bonds. The first-order chi connectivity index (χ1) is 13.8. The van der Waals surface area contributed by atoms with Crippen molar-refractivity contribution in [3.05, 3.63) is 72.9 Å². The SMILES string of the molecule is CCC(Nc1ncnc2c1cnn2-c1ccccc1)c1nc2ccccc2[nH]1. The number of aromatic amines is 1. The molecule has 3 heterocycles. The van der Waals surface area contributed by atoms with Crippen LogP contribution in [0.2, 0.25) is 0 Å². The van der Waals surface area contributed by atoms with Gasteiger partial charge in [-0.3, -0.25) is 0 Å². The van der Waals surface area contributed by atoms with Gasteiger partial charge in [0.25, 0.3) is 0 Å². The maximum Gasteiger partial charge on any atom is 0.168 e. The number of benzene rings is 2. The minimum Gasteiger partial charge on any atom is -0.359 e. The van der Waals surface area contributed by atoms with E-state index in [0.717, 1.165) is 45.8 Å². The maximum atomic E-state index is 4.73.